The molecule has 2 saturated carbocycles. The fraction of sp³-hybridized carbons (Fsp3) is 0.692. The van der Waals surface area contributed by atoms with Gasteiger partial charge < -0.3 is 19.4 Å². The third-order valence-corrected chi connectivity index (χ3v) is 8.91. The largest absolute Gasteiger partial charge is 0.488 e. The summed E-state index contributed by atoms with van der Waals surface area (Å²) in [7, 11) is -4.64. The van der Waals surface area contributed by atoms with Gasteiger partial charge in [-0.1, -0.05) is 0 Å². The molecular formula is C26H37FN3O7P. The Morgan fingerprint density at radius 3 is 2.34 bits per heavy atom. The summed E-state index contributed by atoms with van der Waals surface area (Å²) in [5, 5.41) is 0. The molecule has 3 unspecified atom stereocenters. The molecule has 5 rings (SSSR count). The van der Waals surface area contributed by atoms with E-state index in [9.17, 15) is 18.5 Å². The first-order valence-electron chi connectivity index (χ1n) is 13.7. The number of hydrogen-bond acceptors (Lipinski definition) is 7. The van der Waals surface area contributed by atoms with Crippen LogP contribution in [-0.2, 0) is 18.7 Å². The minimum atomic E-state index is -4.64. The molecule has 10 nitrogen and oxygen atoms in total. The van der Waals surface area contributed by atoms with E-state index < -0.39 is 25.8 Å². The number of piperazine rings is 1. The molecule has 2 N–H and O–H groups in total. The molecule has 0 radical (unpaired) electrons. The standard InChI is InChI=1S/C26H37FN3O7P/c27-18-6-9-24(36-19-4-1-2-5-19)23(16-18)29-14-12-28(13-15-29)10-3-11-30-25(31)21-8-7-20(37-38(33,34)35)17-22(21)26(30)32/h6,9,16,19-22H,1-5,7-8,10-15,17H2,(H2,33,34,35). The SMILES string of the molecule is O=C1C2CCC(OP(=O)(O)O)CC2C(=O)N1CCCN1CCN(c2cc(F)ccc2OC2CCCC2)CC1. The van der Waals surface area contributed by atoms with Crippen LogP contribution in [0, 0.1) is 17.7 Å². The number of halogens is 1. The van der Waals surface area contributed by atoms with Crippen LogP contribution in [0.3, 0.4) is 0 Å². The molecule has 12 heteroatoms. The Labute approximate surface area is 222 Å². The van der Waals surface area contributed by atoms with Crippen LogP contribution in [0.2, 0.25) is 0 Å². The van der Waals surface area contributed by atoms with Crippen LogP contribution in [0.25, 0.3) is 0 Å². The van der Waals surface area contributed by atoms with Crippen LogP contribution >= 0.6 is 7.82 Å². The van der Waals surface area contributed by atoms with Crippen molar-refractivity contribution in [3.05, 3.63) is 24.0 Å². The van der Waals surface area contributed by atoms with E-state index in [4.69, 9.17) is 19.0 Å². The molecule has 1 aromatic carbocycles. The van der Waals surface area contributed by atoms with Gasteiger partial charge in [0.2, 0.25) is 11.8 Å². The predicted molar refractivity (Wildman–Crippen MR) is 137 cm³/mol. The second-order valence-electron chi connectivity index (χ2n) is 10.9. The van der Waals surface area contributed by atoms with E-state index in [0.717, 1.165) is 57.0 Å². The number of likely N-dealkylation sites (tertiary alicyclic amines) is 1. The summed E-state index contributed by atoms with van der Waals surface area (Å²) in [5.41, 5.74) is 0.799. The van der Waals surface area contributed by atoms with Gasteiger partial charge in [0.05, 0.1) is 29.7 Å². The lowest BCUT2D eigenvalue weighted by Crippen LogP contribution is -2.47. The number of benzene rings is 1. The molecule has 1 aromatic rings. The second-order valence-corrected chi connectivity index (χ2v) is 12.1. The molecule has 3 atom stereocenters. The van der Waals surface area contributed by atoms with Crippen LogP contribution in [0.5, 0.6) is 5.75 Å². The molecule has 0 bridgehead atoms. The Morgan fingerprint density at radius 2 is 1.63 bits per heavy atom. The highest BCUT2D eigenvalue weighted by atomic mass is 31.2. The minimum Gasteiger partial charge on any atom is -0.488 e. The van der Waals surface area contributed by atoms with E-state index in [-0.39, 0.29) is 30.2 Å². The van der Waals surface area contributed by atoms with Crippen LogP contribution in [0.15, 0.2) is 18.2 Å². The van der Waals surface area contributed by atoms with E-state index in [1.165, 1.54) is 23.8 Å². The Kier molecular flexibility index (Phi) is 8.40. The summed E-state index contributed by atoms with van der Waals surface area (Å²) >= 11 is 0. The maximum absolute atomic E-state index is 14.1. The molecule has 210 valence electrons. The summed E-state index contributed by atoms with van der Waals surface area (Å²) in [6.45, 7) is 4.10. The highest BCUT2D eigenvalue weighted by Crippen LogP contribution is 2.45. The molecule has 0 aromatic heterocycles. The molecule has 2 amide bonds. The van der Waals surface area contributed by atoms with Gasteiger partial charge >= 0.3 is 7.82 Å². The van der Waals surface area contributed by atoms with Gasteiger partial charge in [0, 0.05) is 38.8 Å². The zero-order chi connectivity index (χ0) is 26.9. The molecule has 2 aliphatic heterocycles. The Hall–Kier alpha value is -2.04. The maximum atomic E-state index is 14.1. The number of amides is 2. The van der Waals surface area contributed by atoms with E-state index in [1.54, 1.807) is 12.1 Å². The normalized spacial score (nSPS) is 27.3. The van der Waals surface area contributed by atoms with Crippen molar-refractivity contribution in [3.63, 3.8) is 0 Å². The molecule has 2 heterocycles. The molecule has 4 fully saturated rings. The first-order valence-corrected chi connectivity index (χ1v) is 15.2. The second kappa shape index (κ2) is 11.6. The lowest BCUT2D eigenvalue weighted by atomic mass is 9.80. The first kappa shape index (κ1) is 27.5. The zero-order valence-corrected chi connectivity index (χ0v) is 22.4. The zero-order valence-electron chi connectivity index (χ0n) is 21.5. The van der Waals surface area contributed by atoms with Gasteiger partial charge in [0.15, 0.2) is 0 Å². The predicted octanol–water partition coefficient (Wildman–Crippen LogP) is 2.92. The van der Waals surface area contributed by atoms with Gasteiger partial charge in [-0.25, -0.2) is 8.96 Å². The van der Waals surface area contributed by atoms with Crippen molar-refractivity contribution in [2.45, 2.75) is 63.6 Å². The third-order valence-electron chi connectivity index (χ3n) is 8.34. The van der Waals surface area contributed by atoms with Crippen molar-refractivity contribution in [1.29, 1.82) is 0 Å². The molecule has 4 aliphatic rings. The number of imide groups is 1. The fourth-order valence-electron chi connectivity index (χ4n) is 6.41. The monoisotopic (exact) mass is 553 g/mol. The van der Waals surface area contributed by atoms with E-state index in [0.29, 0.717) is 25.8 Å². The van der Waals surface area contributed by atoms with Gasteiger partial charge in [-0.05, 0) is 70.0 Å². The number of ether oxygens (including phenoxy) is 1. The van der Waals surface area contributed by atoms with Crippen LogP contribution in [0.1, 0.15) is 51.4 Å². The van der Waals surface area contributed by atoms with Crippen molar-refractivity contribution in [2.75, 3.05) is 44.2 Å². The van der Waals surface area contributed by atoms with Crippen molar-refractivity contribution < 1.29 is 37.6 Å². The van der Waals surface area contributed by atoms with Crippen LogP contribution < -0.4 is 9.64 Å². The quantitative estimate of drug-likeness (QED) is 0.351. The molecule has 0 spiro atoms. The van der Waals surface area contributed by atoms with Gasteiger partial charge in [0.25, 0.3) is 0 Å². The van der Waals surface area contributed by atoms with E-state index in [2.05, 4.69) is 9.80 Å². The smallest absolute Gasteiger partial charge is 0.469 e. The van der Waals surface area contributed by atoms with Crippen molar-refractivity contribution in [3.8, 4) is 5.75 Å². The number of hydrogen-bond donors (Lipinski definition) is 2. The van der Waals surface area contributed by atoms with Crippen LogP contribution in [0.4, 0.5) is 10.1 Å². The number of anilines is 1. The van der Waals surface area contributed by atoms with Crippen molar-refractivity contribution in [1.82, 2.24) is 9.80 Å². The van der Waals surface area contributed by atoms with Gasteiger partial charge in [-0.3, -0.25) is 23.9 Å². The first-order chi connectivity index (χ1) is 18.2. The topological polar surface area (TPSA) is 120 Å². The summed E-state index contributed by atoms with van der Waals surface area (Å²) in [6, 6.07) is 4.74. The highest BCUT2D eigenvalue weighted by Gasteiger charge is 2.50. The average molecular weight is 554 g/mol. The fourth-order valence-corrected chi connectivity index (χ4v) is 6.99. The maximum Gasteiger partial charge on any atom is 0.469 e. The highest BCUT2D eigenvalue weighted by molar-refractivity contribution is 7.46. The Bertz CT molecular complexity index is 1070. The van der Waals surface area contributed by atoms with Gasteiger partial charge in [-0.2, -0.15) is 0 Å². The summed E-state index contributed by atoms with van der Waals surface area (Å²) < 4.78 is 36.3. The van der Waals surface area contributed by atoms with Gasteiger partial charge in [-0.15, -0.1) is 0 Å². The lowest BCUT2D eigenvalue weighted by Gasteiger charge is -2.37. The van der Waals surface area contributed by atoms with Crippen LogP contribution in [-0.4, -0.2) is 82.9 Å². The Balaban J connectivity index is 1.09. The lowest BCUT2D eigenvalue weighted by molar-refractivity contribution is -0.140. The number of rotatable bonds is 9. The molecule has 38 heavy (non-hydrogen) atoms. The summed E-state index contributed by atoms with van der Waals surface area (Å²) in [5.74, 6) is -0.961. The molecule has 2 saturated heterocycles. The number of phosphoric ester groups is 1. The molecule has 2 aliphatic carbocycles. The third kappa shape index (κ3) is 6.39. The summed E-state index contributed by atoms with van der Waals surface area (Å²) in [6.07, 6.45) is 5.44. The summed E-state index contributed by atoms with van der Waals surface area (Å²) in [4.78, 5) is 49.7. The van der Waals surface area contributed by atoms with Gasteiger partial charge in [0.1, 0.15) is 11.6 Å². The number of carbonyl (C=O) groups is 2. The average Bonchev–Trinajstić information content (AvgIpc) is 3.47. The van der Waals surface area contributed by atoms with Crippen molar-refractivity contribution >= 4 is 25.3 Å². The van der Waals surface area contributed by atoms with E-state index in [1.807, 2.05) is 0 Å². The minimum absolute atomic E-state index is 0.158. The van der Waals surface area contributed by atoms with Crippen molar-refractivity contribution in [2.24, 2.45) is 11.8 Å². The number of fused-ring (bicyclic) bond motifs is 1. The van der Waals surface area contributed by atoms with E-state index >= 15 is 0 Å². The number of phosphoric acid groups is 1. The molecular weight excluding hydrogens is 516 g/mol. The Morgan fingerprint density at radius 1 is 0.921 bits per heavy atom. The number of nitrogens with zero attached hydrogens (tertiary/aromatic N) is 3. The number of carbonyl (C=O) groups excluding carboxylic acids is 2.